The van der Waals surface area contributed by atoms with Gasteiger partial charge in [0.2, 0.25) is 17.7 Å². The van der Waals surface area contributed by atoms with Crippen molar-refractivity contribution in [3.05, 3.63) is 29.1 Å². The molecule has 1 atom stereocenters. The van der Waals surface area contributed by atoms with Crippen molar-refractivity contribution in [2.24, 2.45) is 0 Å². The van der Waals surface area contributed by atoms with E-state index in [1.807, 2.05) is 0 Å². The summed E-state index contributed by atoms with van der Waals surface area (Å²) in [6.07, 6.45) is 0.348. The topological polar surface area (TPSA) is 95.6 Å². The summed E-state index contributed by atoms with van der Waals surface area (Å²) in [5, 5.41) is 4.51. The highest BCUT2D eigenvalue weighted by molar-refractivity contribution is 6.06. The Morgan fingerprint density at radius 3 is 2.74 bits per heavy atom. The van der Waals surface area contributed by atoms with Crippen LogP contribution in [0.4, 0.5) is 10.1 Å². The highest BCUT2D eigenvalue weighted by atomic mass is 19.1. The van der Waals surface area contributed by atoms with Crippen LogP contribution >= 0.6 is 0 Å². The minimum absolute atomic E-state index is 0.0743. The molecule has 0 saturated carbocycles. The minimum atomic E-state index is -0.808. The fraction of sp³-hybridized carbons (Fsp3) is 0.333. The Morgan fingerprint density at radius 1 is 1.35 bits per heavy atom. The number of rotatable bonds is 2. The molecule has 7 nitrogen and oxygen atoms in total. The number of imide groups is 1. The van der Waals surface area contributed by atoms with Crippen LogP contribution in [0.5, 0.6) is 0 Å². The molecule has 1 fully saturated rings. The third-order valence-electron chi connectivity index (χ3n) is 3.94. The monoisotopic (exact) mass is 319 g/mol. The zero-order valence-electron chi connectivity index (χ0n) is 12.3. The first-order valence-electron chi connectivity index (χ1n) is 7.12. The molecule has 2 aliphatic heterocycles. The van der Waals surface area contributed by atoms with Gasteiger partial charge in [-0.05, 0) is 18.1 Å². The van der Waals surface area contributed by atoms with Crippen molar-refractivity contribution < 1.29 is 23.6 Å². The molecule has 3 rings (SSSR count). The van der Waals surface area contributed by atoms with E-state index < -0.39 is 29.6 Å². The fourth-order valence-corrected chi connectivity index (χ4v) is 2.90. The summed E-state index contributed by atoms with van der Waals surface area (Å²) in [5.41, 5.74) is 0.238. The Kier molecular flexibility index (Phi) is 3.59. The van der Waals surface area contributed by atoms with Gasteiger partial charge in [-0.15, -0.1) is 0 Å². The van der Waals surface area contributed by atoms with Crippen molar-refractivity contribution in [2.75, 3.05) is 5.32 Å². The van der Waals surface area contributed by atoms with Crippen molar-refractivity contribution in [3.63, 3.8) is 0 Å². The second kappa shape index (κ2) is 5.45. The van der Waals surface area contributed by atoms with Crippen molar-refractivity contribution in [3.8, 4) is 0 Å². The average Bonchev–Trinajstić information content (AvgIpc) is 2.79. The lowest BCUT2D eigenvalue weighted by Crippen LogP contribution is -2.52. The van der Waals surface area contributed by atoms with Crippen LogP contribution in [-0.4, -0.2) is 34.6 Å². The molecule has 8 heteroatoms. The average molecular weight is 319 g/mol. The number of halogens is 1. The standard InChI is InChI=1S/C15H14FN3O4/c1-7(20)17-9-3-2-8-6-19(15(23)12(8)13(9)16)10-4-5-11(21)18-14(10)22/h2-3,10H,4-6H2,1H3,(H,17,20)(H,18,21,22). The van der Waals surface area contributed by atoms with Crippen LogP contribution in [0.25, 0.3) is 0 Å². The summed E-state index contributed by atoms with van der Waals surface area (Å²) in [6, 6.07) is 2.14. The van der Waals surface area contributed by atoms with Crippen molar-refractivity contribution >= 4 is 29.3 Å². The number of hydrogen-bond acceptors (Lipinski definition) is 4. The van der Waals surface area contributed by atoms with Crippen LogP contribution in [0, 0.1) is 5.82 Å². The van der Waals surface area contributed by atoms with Gasteiger partial charge in [-0.3, -0.25) is 24.5 Å². The first-order chi connectivity index (χ1) is 10.9. The molecule has 4 amide bonds. The maximum atomic E-state index is 14.5. The Bertz CT molecular complexity index is 746. The largest absolute Gasteiger partial charge is 0.324 e. The van der Waals surface area contributed by atoms with Crippen LogP contribution in [0.3, 0.4) is 0 Å². The van der Waals surface area contributed by atoms with Gasteiger partial charge < -0.3 is 10.2 Å². The lowest BCUT2D eigenvalue weighted by Gasteiger charge is -2.29. The van der Waals surface area contributed by atoms with Crippen LogP contribution < -0.4 is 10.6 Å². The second-order valence-electron chi connectivity index (χ2n) is 5.54. The summed E-state index contributed by atoms with van der Waals surface area (Å²) < 4.78 is 14.5. The third kappa shape index (κ3) is 2.56. The first-order valence-corrected chi connectivity index (χ1v) is 7.12. The van der Waals surface area contributed by atoms with Gasteiger partial charge in [-0.25, -0.2) is 4.39 Å². The highest BCUT2D eigenvalue weighted by Gasteiger charge is 2.40. The third-order valence-corrected chi connectivity index (χ3v) is 3.94. The molecule has 0 aromatic heterocycles. The zero-order chi connectivity index (χ0) is 16.7. The van der Waals surface area contributed by atoms with Crippen LogP contribution in [0.1, 0.15) is 35.7 Å². The van der Waals surface area contributed by atoms with E-state index in [9.17, 15) is 23.6 Å². The number of anilines is 1. The summed E-state index contributed by atoms with van der Waals surface area (Å²) in [4.78, 5) is 47.9. The van der Waals surface area contributed by atoms with Crippen molar-refractivity contribution in [1.29, 1.82) is 0 Å². The summed E-state index contributed by atoms with van der Waals surface area (Å²) in [5.74, 6) is -2.80. The summed E-state index contributed by atoms with van der Waals surface area (Å²) >= 11 is 0. The van der Waals surface area contributed by atoms with Crippen molar-refractivity contribution in [2.45, 2.75) is 32.4 Å². The first kappa shape index (κ1) is 15.1. The number of carbonyl (C=O) groups is 4. The number of carbonyl (C=O) groups excluding carboxylic acids is 4. The number of nitrogens with one attached hydrogen (secondary N) is 2. The van der Waals surface area contributed by atoms with Gasteiger partial charge in [0.1, 0.15) is 6.04 Å². The molecule has 0 radical (unpaired) electrons. The fourth-order valence-electron chi connectivity index (χ4n) is 2.90. The number of fused-ring (bicyclic) bond motifs is 1. The van der Waals surface area contributed by atoms with E-state index in [1.54, 1.807) is 6.07 Å². The van der Waals surface area contributed by atoms with E-state index in [1.165, 1.54) is 17.9 Å². The maximum absolute atomic E-state index is 14.5. The van der Waals surface area contributed by atoms with E-state index in [0.717, 1.165) is 0 Å². The van der Waals surface area contributed by atoms with Crippen LogP contribution in [0.2, 0.25) is 0 Å². The molecular weight excluding hydrogens is 305 g/mol. The number of benzene rings is 1. The summed E-state index contributed by atoms with van der Waals surface area (Å²) in [7, 11) is 0. The van der Waals surface area contributed by atoms with Gasteiger partial charge in [-0.1, -0.05) is 6.07 Å². The molecule has 0 aliphatic carbocycles. The SMILES string of the molecule is CC(=O)Nc1ccc2c(c1F)C(=O)N(C1CCC(=O)NC1=O)C2. The van der Waals surface area contributed by atoms with Crippen molar-refractivity contribution in [1.82, 2.24) is 10.2 Å². The molecule has 0 bridgehead atoms. The predicted octanol–water partition coefficient (Wildman–Crippen LogP) is 0.545. The van der Waals surface area contributed by atoms with E-state index in [4.69, 9.17) is 0 Å². The lowest BCUT2D eigenvalue weighted by molar-refractivity contribution is -0.137. The number of piperidine rings is 1. The molecule has 1 saturated heterocycles. The molecular formula is C15H14FN3O4. The quantitative estimate of drug-likeness (QED) is 0.778. The molecule has 120 valence electrons. The molecule has 2 N–H and O–H groups in total. The van der Waals surface area contributed by atoms with E-state index in [0.29, 0.717) is 5.56 Å². The Labute approximate surface area is 130 Å². The zero-order valence-corrected chi connectivity index (χ0v) is 12.3. The molecule has 0 spiro atoms. The molecule has 1 aromatic carbocycles. The predicted molar refractivity (Wildman–Crippen MR) is 76.7 cm³/mol. The van der Waals surface area contributed by atoms with E-state index in [2.05, 4.69) is 10.6 Å². The van der Waals surface area contributed by atoms with Gasteiger partial charge in [0.05, 0.1) is 11.3 Å². The van der Waals surface area contributed by atoms with E-state index in [-0.39, 0.29) is 36.5 Å². The second-order valence-corrected chi connectivity index (χ2v) is 5.54. The number of nitrogens with zero attached hydrogens (tertiary/aromatic N) is 1. The molecule has 1 aromatic rings. The van der Waals surface area contributed by atoms with Crippen LogP contribution in [-0.2, 0) is 20.9 Å². The molecule has 2 aliphatic rings. The Balaban J connectivity index is 1.90. The van der Waals surface area contributed by atoms with E-state index >= 15 is 0 Å². The normalized spacial score (nSPS) is 20.3. The number of hydrogen-bond donors (Lipinski definition) is 2. The highest BCUT2D eigenvalue weighted by Crippen LogP contribution is 2.32. The van der Waals surface area contributed by atoms with Gasteiger partial charge in [0.15, 0.2) is 5.82 Å². The molecule has 1 unspecified atom stereocenters. The van der Waals surface area contributed by atoms with Gasteiger partial charge >= 0.3 is 0 Å². The molecule has 2 heterocycles. The van der Waals surface area contributed by atoms with Gasteiger partial charge in [0.25, 0.3) is 5.91 Å². The smallest absolute Gasteiger partial charge is 0.258 e. The summed E-state index contributed by atoms with van der Waals surface area (Å²) in [6.45, 7) is 1.34. The lowest BCUT2D eigenvalue weighted by atomic mass is 10.0. The minimum Gasteiger partial charge on any atom is -0.324 e. The van der Waals surface area contributed by atoms with Gasteiger partial charge in [-0.2, -0.15) is 0 Å². The van der Waals surface area contributed by atoms with Crippen LogP contribution in [0.15, 0.2) is 12.1 Å². The maximum Gasteiger partial charge on any atom is 0.258 e. The Hall–Kier alpha value is -2.77. The number of amides is 4. The molecule has 23 heavy (non-hydrogen) atoms. The Morgan fingerprint density at radius 2 is 2.09 bits per heavy atom. The van der Waals surface area contributed by atoms with Gasteiger partial charge in [0, 0.05) is 19.9 Å².